The van der Waals surface area contributed by atoms with Gasteiger partial charge in [0.25, 0.3) is 0 Å². The summed E-state index contributed by atoms with van der Waals surface area (Å²) in [6, 6.07) is 8.95. The first-order valence-corrected chi connectivity index (χ1v) is 13.5. The topological polar surface area (TPSA) is 113 Å². The van der Waals surface area contributed by atoms with Crippen molar-refractivity contribution in [1.29, 1.82) is 0 Å². The molecule has 0 unspecified atom stereocenters. The van der Waals surface area contributed by atoms with Crippen LogP contribution in [0.15, 0.2) is 41.3 Å². The number of ether oxygens (including phenoxy) is 2. The summed E-state index contributed by atoms with van der Waals surface area (Å²) in [6.45, 7) is 4.75. The lowest BCUT2D eigenvalue weighted by atomic mass is 10.1. The molecule has 2 aromatic rings. The first-order valence-electron chi connectivity index (χ1n) is 10.4. The van der Waals surface area contributed by atoms with E-state index in [1.54, 1.807) is 39.2 Å². The van der Waals surface area contributed by atoms with Gasteiger partial charge in [-0.1, -0.05) is 6.07 Å². The van der Waals surface area contributed by atoms with Gasteiger partial charge in [-0.05, 0) is 56.9 Å². The van der Waals surface area contributed by atoms with Crippen LogP contribution in [0.4, 0.5) is 14.0 Å². The molecule has 2 amide bonds. The zero-order chi connectivity index (χ0) is 26.6. The van der Waals surface area contributed by atoms with E-state index in [9.17, 15) is 27.5 Å². The lowest BCUT2D eigenvalue weighted by molar-refractivity contribution is 0.0284. The van der Waals surface area contributed by atoms with Crippen LogP contribution in [0.3, 0.4) is 0 Å². The summed E-state index contributed by atoms with van der Waals surface area (Å²) in [5.74, 6) is 0.0449. The average Bonchev–Trinajstić information content (AvgIpc) is 2.71. The van der Waals surface area contributed by atoms with Gasteiger partial charge >= 0.3 is 12.2 Å². The number of benzene rings is 2. The summed E-state index contributed by atoms with van der Waals surface area (Å²) in [6.07, 6.45) is 0.319. The van der Waals surface area contributed by atoms with Crippen molar-refractivity contribution >= 4 is 34.0 Å². The second kappa shape index (κ2) is 11.2. The fourth-order valence-electron chi connectivity index (χ4n) is 2.94. The predicted molar refractivity (Wildman–Crippen MR) is 131 cm³/mol. The van der Waals surface area contributed by atoms with E-state index in [0.717, 1.165) is 6.26 Å². The van der Waals surface area contributed by atoms with Gasteiger partial charge < -0.3 is 19.5 Å². The summed E-state index contributed by atoms with van der Waals surface area (Å²) in [5.41, 5.74) is 0.0614. The van der Waals surface area contributed by atoms with E-state index in [1.165, 1.54) is 48.0 Å². The molecule has 0 atom stereocenters. The van der Waals surface area contributed by atoms with Crippen molar-refractivity contribution in [2.45, 2.75) is 44.4 Å². The molecule has 0 bridgehead atoms. The average molecular weight is 529 g/mol. The molecule has 0 aliphatic rings. The van der Waals surface area contributed by atoms with Crippen LogP contribution < -0.4 is 4.74 Å². The Balaban J connectivity index is 2.43. The normalized spacial score (nSPS) is 11.6. The summed E-state index contributed by atoms with van der Waals surface area (Å²) in [5, 5.41) is 9.30. The number of rotatable bonds is 8. The highest BCUT2D eigenvalue weighted by molar-refractivity contribution is 7.98. The Morgan fingerprint density at radius 1 is 1.11 bits per heavy atom. The molecule has 0 aromatic heterocycles. The maximum absolute atomic E-state index is 14.2. The highest BCUT2D eigenvalue weighted by Gasteiger charge is 2.24. The zero-order valence-corrected chi connectivity index (χ0v) is 22.0. The van der Waals surface area contributed by atoms with Gasteiger partial charge in [-0.25, -0.2) is 26.7 Å². The van der Waals surface area contributed by atoms with Crippen LogP contribution in [0.5, 0.6) is 11.5 Å². The third-order valence-electron chi connectivity index (χ3n) is 4.53. The first-order chi connectivity index (χ1) is 16.1. The Morgan fingerprint density at radius 3 is 2.29 bits per heavy atom. The third kappa shape index (κ3) is 8.32. The molecule has 1 N–H and O–H groups in total. The Bertz CT molecular complexity index is 1200. The number of nitrogens with zero attached hydrogens (tertiary/aromatic N) is 2. The van der Waals surface area contributed by atoms with Crippen molar-refractivity contribution in [3.05, 3.63) is 53.3 Å². The molecule has 0 fully saturated rings. The van der Waals surface area contributed by atoms with Gasteiger partial charge in [0.15, 0.2) is 0 Å². The lowest BCUT2D eigenvalue weighted by Crippen LogP contribution is -2.34. The van der Waals surface area contributed by atoms with Gasteiger partial charge in [0.1, 0.15) is 22.9 Å². The van der Waals surface area contributed by atoms with E-state index in [0.29, 0.717) is 20.3 Å². The molecular weight excluding hydrogens is 499 g/mol. The maximum Gasteiger partial charge on any atom is 0.421 e. The number of sulfonamides is 1. The number of carbonyl (C=O) groups excluding carboxylic acids is 1. The van der Waals surface area contributed by atoms with Crippen molar-refractivity contribution in [3.63, 3.8) is 0 Å². The lowest BCUT2D eigenvalue weighted by Gasteiger charge is -2.25. The van der Waals surface area contributed by atoms with Crippen molar-refractivity contribution in [1.82, 2.24) is 9.21 Å². The minimum absolute atomic E-state index is 0.00455. The molecule has 2 aromatic carbocycles. The number of thioether (sulfide) groups is 1. The Labute approximate surface area is 208 Å². The third-order valence-corrected chi connectivity index (χ3v) is 6.39. The number of amides is 2. The standard InChI is InChI=1S/C23H29FN2O7S2/c1-23(2,3)33-22(29)25(4)14-16-11-15(13-26(21(27)28)35(6,30)31)7-9-19(16)32-17-8-10-20(34-5)18(24)12-17/h7-12H,13-14H2,1-6H3,(H,27,28). The van der Waals surface area contributed by atoms with E-state index in [4.69, 9.17) is 9.47 Å². The van der Waals surface area contributed by atoms with E-state index in [1.807, 2.05) is 0 Å². The largest absolute Gasteiger partial charge is 0.464 e. The van der Waals surface area contributed by atoms with E-state index in [2.05, 4.69) is 0 Å². The Hall–Kier alpha value is -2.99. The summed E-state index contributed by atoms with van der Waals surface area (Å²) >= 11 is 1.25. The van der Waals surface area contributed by atoms with E-state index >= 15 is 0 Å². The highest BCUT2D eigenvalue weighted by Crippen LogP contribution is 2.31. The van der Waals surface area contributed by atoms with Crippen LogP contribution in [0.2, 0.25) is 0 Å². The molecule has 35 heavy (non-hydrogen) atoms. The van der Waals surface area contributed by atoms with Gasteiger partial charge in [-0.2, -0.15) is 0 Å². The molecule has 0 heterocycles. The molecule has 0 saturated carbocycles. The van der Waals surface area contributed by atoms with Crippen LogP contribution in [0.25, 0.3) is 0 Å². The van der Waals surface area contributed by atoms with Crippen molar-refractivity contribution < 1.29 is 37.0 Å². The molecule has 0 radical (unpaired) electrons. The van der Waals surface area contributed by atoms with Crippen molar-refractivity contribution in [2.24, 2.45) is 0 Å². The number of carboxylic acid groups (broad SMARTS) is 1. The quantitative estimate of drug-likeness (QED) is 0.468. The summed E-state index contributed by atoms with van der Waals surface area (Å²) in [4.78, 5) is 25.7. The van der Waals surface area contributed by atoms with Crippen LogP contribution in [-0.2, 0) is 27.8 Å². The van der Waals surface area contributed by atoms with Gasteiger partial charge in [0.2, 0.25) is 10.0 Å². The summed E-state index contributed by atoms with van der Waals surface area (Å²) < 4.78 is 49.5. The second-order valence-corrected chi connectivity index (χ2v) is 11.5. The highest BCUT2D eigenvalue weighted by atomic mass is 32.2. The number of hydrogen-bond acceptors (Lipinski definition) is 7. The molecular formula is C23H29FN2O7S2. The van der Waals surface area contributed by atoms with Crippen LogP contribution in [-0.4, -0.2) is 60.1 Å². The minimum atomic E-state index is -4.03. The van der Waals surface area contributed by atoms with E-state index < -0.39 is 40.2 Å². The van der Waals surface area contributed by atoms with Crippen molar-refractivity contribution in [3.8, 4) is 11.5 Å². The molecule has 2 rings (SSSR count). The van der Waals surface area contributed by atoms with Gasteiger partial charge in [-0.3, -0.25) is 0 Å². The molecule has 0 saturated heterocycles. The molecule has 0 aliphatic heterocycles. The van der Waals surface area contributed by atoms with Crippen LogP contribution in [0, 0.1) is 5.82 Å². The van der Waals surface area contributed by atoms with Gasteiger partial charge in [0, 0.05) is 23.6 Å². The van der Waals surface area contributed by atoms with Crippen LogP contribution >= 0.6 is 11.8 Å². The Morgan fingerprint density at radius 2 is 1.77 bits per heavy atom. The van der Waals surface area contributed by atoms with Crippen LogP contribution in [0.1, 0.15) is 31.9 Å². The molecule has 0 spiro atoms. The SMILES string of the molecule is CSc1ccc(Oc2ccc(CN(C(=O)O)S(C)(=O)=O)cc2CN(C)C(=O)OC(C)(C)C)cc1F. The minimum Gasteiger partial charge on any atom is -0.464 e. The number of carbonyl (C=O) groups is 2. The molecule has 0 aliphatic carbocycles. The zero-order valence-electron chi connectivity index (χ0n) is 20.4. The smallest absolute Gasteiger partial charge is 0.421 e. The first kappa shape index (κ1) is 28.2. The fourth-order valence-corrected chi connectivity index (χ4v) is 4.07. The Kier molecular flexibility index (Phi) is 9.01. The number of hydrogen-bond donors (Lipinski definition) is 1. The summed E-state index contributed by atoms with van der Waals surface area (Å²) in [7, 11) is -2.52. The molecule has 12 heteroatoms. The van der Waals surface area contributed by atoms with Gasteiger partial charge in [0.05, 0.1) is 19.3 Å². The fraction of sp³-hybridized carbons (Fsp3) is 0.391. The second-order valence-electron chi connectivity index (χ2n) is 8.73. The predicted octanol–water partition coefficient (Wildman–Crippen LogP) is 5.15. The van der Waals surface area contributed by atoms with E-state index in [-0.39, 0.29) is 18.0 Å². The van der Waals surface area contributed by atoms with Gasteiger partial charge in [-0.15, -0.1) is 11.8 Å². The number of halogens is 1. The monoisotopic (exact) mass is 528 g/mol. The molecule has 192 valence electrons. The molecule has 9 nitrogen and oxygen atoms in total. The van der Waals surface area contributed by atoms with Crippen molar-refractivity contribution in [2.75, 3.05) is 19.6 Å². The maximum atomic E-state index is 14.2.